The molecule has 0 unspecified atom stereocenters. The molecule has 2 atom stereocenters. The number of carbonyl (C=O) groups is 2. The van der Waals surface area contributed by atoms with Crippen LogP contribution in [0.15, 0.2) is 72.8 Å². The highest BCUT2D eigenvalue weighted by Crippen LogP contribution is 2.55. The molecule has 17 nitrogen and oxygen atoms in total. The molecule has 0 radical (unpaired) electrons. The number of aromatic carboxylic acids is 1. The third-order valence-corrected chi connectivity index (χ3v) is 16.6. The fraction of sp³-hybridized carbons (Fsp3) is 0.538. The van der Waals surface area contributed by atoms with E-state index in [0.717, 1.165) is 108 Å². The van der Waals surface area contributed by atoms with Gasteiger partial charge in [-0.3, -0.25) is 4.79 Å². The van der Waals surface area contributed by atoms with Crippen LogP contribution in [0.4, 0.5) is 34.6 Å². The van der Waals surface area contributed by atoms with Crippen LogP contribution in [0.1, 0.15) is 109 Å². The molecule has 4 aromatic rings. The Balaban J connectivity index is 0.000000159. The van der Waals surface area contributed by atoms with E-state index in [1.54, 1.807) is 36.4 Å². The summed E-state index contributed by atoms with van der Waals surface area (Å²) in [6, 6.07) is 21.3. The predicted octanol–water partition coefficient (Wildman–Crippen LogP) is 6.15. The number of carboxylic acids is 1. The highest BCUT2D eigenvalue weighted by atomic mass is 32.2. The van der Waals surface area contributed by atoms with E-state index in [9.17, 15) is 41.7 Å². The van der Waals surface area contributed by atoms with Crippen LogP contribution in [0.5, 0.6) is 0 Å². The Hall–Kier alpha value is -5.50. The molecule has 71 heavy (non-hydrogen) atoms. The van der Waals surface area contributed by atoms with Crippen LogP contribution in [0.25, 0.3) is 0 Å². The second-order valence-corrected chi connectivity index (χ2v) is 25.1. The first-order chi connectivity index (χ1) is 33.7. The number of sulfone groups is 2. The molecule has 6 heterocycles. The number of benzene rings is 2. The van der Waals surface area contributed by atoms with E-state index in [2.05, 4.69) is 30.0 Å². The van der Waals surface area contributed by atoms with E-state index in [1.165, 1.54) is 44.3 Å². The Morgan fingerprint density at radius 3 is 1.51 bits per heavy atom. The molecule has 6 aliphatic rings. The van der Waals surface area contributed by atoms with E-state index in [-0.39, 0.29) is 35.2 Å². The van der Waals surface area contributed by atoms with Crippen molar-refractivity contribution in [2.24, 2.45) is 10.8 Å². The summed E-state index contributed by atoms with van der Waals surface area (Å²) >= 11 is 0. The first-order valence-electron chi connectivity index (χ1n) is 24.9. The van der Waals surface area contributed by atoms with Gasteiger partial charge in [-0.1, -0.05) is 24.3 Å². The number of amides is 1. The molecule has 2 aromatic carbocycles. The number of β-amino-alcohol motifs (C(OH)–C–C–N with tert-alkyl or cyclic N) is 2. The van der Waals surface area contributed by atoms with Gasteiger partial charge in [-0.2, -0.15) is 0 Å². The number of pyridine rings is 2. The van der Waals surface area contributed by atoms with Crippen molar-refractivity contribution in [3.63, 3.8) is 0 Å². The molecule has 2 spiro atoms. The van der Waals surface area contributed by atoms with E-state index >= 15 is 0 Å². The van der Waals surface area contributed by atoms with Crippen molar-refractivity contribution in [2.75, 3.05) is 95.5 Å². The molecule has 384 valence electrons. The van der Waals surface area contributed by atoms with Crippen LogP contribution in [0.3, 0.4) is 0 Å². The SMILES string of the molecule is CS(=O)(=O)Cc1ccc(C(=O)Nc2cccc(N3CCC[C@@H](O)C3)n2)c(N2CCC3(CC2)CC3)c1.CS(=O)(=O)Cc1ccc(C(=O)O)c(N2CCC3(CC2)CC3)c1.Nc1cccc(N2CCC[C@@H](O)C2)n1. The lowest BCUT2D eigenvalue weighted by atomic mass is 9.92. The fourth-order valence-corrected chi connectivity index (χ4v) is 12.0. The van der Waals surface area contributed by atoms with Gasteiger partial charge in [-0.15, -0.1) is 0 Å². The maximum Gasteiger partial charge on any atom is 0.337 e. The molecule has 10 rings (SSSR count). The van der Waals surface area contributed by atoms with Crippen LogP contribution < -0.4 is 30.7 Å². The van der Waals surface area contributed by atoms with Crippen LogP contribution in [0.2, 0.25) is 0 Å². The van der Waals surface area contributed by atoms with Gasteiger partial charge in [0, 0.05) is 70.6 Å². The van der Waals surface area contributed by atoms with Gasteiger partial charge in [0.15, 0.2) is 19.7 Å². The summed E-state index contributed by atoms with van der Waals surface area (Å²) < 4.78 is 46.7. The summed E-state index contributed by atoms with van der Waals surface area (Å²) in [5.41, 5.74) is 10.2. The van der Waals surface area contributed by atoms with Crippen molar-refractivity contribution >= 4 is 66.2 Å². The Morgan fingerprint density at radius 2 is 1.07 bits per heavy atom. The Labute approximate surface area is 418 Å². The van der Waals surface area contributed by atoms with Gasteiger partial charge in [0.25, 0.3) is 5.91 Å². The molecule has 6 N–H and O–H groups in total. The molecule has 2 aromatic heterocycles. The number of hydrogen-bond donors (Lipinski definition) is 5. The number of aliphatic hydroxyl groups is 2. The molecule has 2 aliphatic carbocycles. The van der Waals surface area contributed by atoms with E-state index in [0.29, 0.717) is 57.9 Å². The maximum atomic E-state index is 13.4. The molecule has 6 fully saturated rings. The number of piperidine rings is 4. The highest BCUT2D eigenvalue weighted by molar-refractivity contribution is 7.90. The summed E-state index contributed by atoms with van der Waals surface area (Å²) in [4.78, 5) is 42.1. The minimum atomic E-state index is -3.19. The Kier molecular flexibility index (Phi) is 15.8. The quantitative estimate of drug-likeness (QED) is 0.113. The van der Waals surface area contributed by atoms with Crippen molar-refractivity contribution in [3.8, 4) is 0 Å². The van der Waals surface area contributed by atoms with E-state index in [4.69, 9.17) is 5.73 Å². The zero-order chi connectivity index (χ0) is 50.6. The lowest BCUT2D eigenvalue weighted by molar-refractivity contribution is 0.0697. The highest BCUT2D eigenvalue weighted by Gasteiger charge is 2.45. The number of nitrogens with two attached hydrogens (primary N) is 1. The van der Waals surface area contributed by atoms with Gasteiger partial charge in [0.05, 0.1) is 40.5 Å². The Bertz CT molecular complexity index is 2770. The first-order valence-corrected chi connectivity index (χ1v) is 29.1. The van der Waals surface area contributed by atoms with Crippen molar-refractivity contribution in [3.05, 3.63) is 95.1 Å². The van der Waals surface area contributed by atoms with Crippen LogP contribution in [0, 0.1) is 10.8 Å². The zero-order valence-corrected chi connectivity index (χ0v) is 42.6. The van der Waals surface area contributed by atoms with E-state index < -0.39 is 25.6 Å². The normalized spacial score (nSPS) is 21.4. The smallest absolute Gasteiger partial charge is 0.337 e. The third-order valence-electron chi connectivity index (χ3n) is 14.9. The minimum Gasteiger partial charge on any atom is -0.478 e. The van der Waals surface area contributed by atoms with Crippen molar-refractivity contribution < 1.29 is 41.7 Å². The number of aliphatic hydroxyl groups excluding tert-OH is 2. The van der Waals surface area contributed by atoms with Crippen LogP contribution in [-0.4, -0.2) is 131 Å². The summed E-state index contributed by atoms with van der Waals surface area (Å²) in [5.74, 6) is 1.24. The average molecular weight is 1020 g/mol. The van der Waals surface area contributed by atoms with Gasteiger partial charge < -0.3 is 46.0 Å². The number of hydrogen-bond acceptors (Lipinski definition) is 15. The van der Waals surface area contributed by atoms with E-state index in [1.807, 2.05) is 35.2 Å². The summed E-state index contributed by atoms with van der Waals surface area (Å²) in [7, 11) is -6.32. The number of carboxylic acid groups (broad SMARTS) is 1. The van der Waals surface area contributed by atoms with Crippen molar-refractivity contribution in [1.82, 2.24) is 9.97 Å². The predicted molar refractivity (Wildman–Crippen MR) is 279 cm³/mol. The molecule has 4 saturated heterocycles. The summed E-state index contributed by atoms with van der Waals surface area (Å²) in [5, 5.41) is 31.8. The zero-order valence-electron chi connectivity index (χ0n) is 41.0. The number of rotatable bonds is 11. The van der Waals surface area contributed by atoms with Gasteiger partial charge in [0.1, 0.15) is 23.3 Å². The standard InChI is InChI=1S/C26H34N4O4S.C16H21NO4S.C10H15N3O/c1-35(33,34)18-19-7-8-21(22(16-19)29-14-11-26(9-10-26)12-15-29)25(32)28-23-5-2-6-24(27-23)30-13-3-4-20(31)17-30;1-22(20,21)11-12-2-3-13(15(18)19)14(10-12)17-8-6-16(4-5-16)7-9-17;11-9-4-1-5-10(12-9)13-6-2-3-8(14)7-13/h2,5-8,16,20,31H,3-4,9-15,17-18H2,1H3,(H,27,28,32);2-3,10H,4-9,11H2,1H3,(H,18,19);1,4-5,8,14H,2-3,6-7H2,(H2,11,12)/t20-;;8-/m1.1/s1. The molecule has 2 saturated carbocycles. The maximum absolute atomic E-state index is 13.4. The lowest BCUT2D eigenvalue weighted by Crippen LogP contribution is -2.38. The van der Waals surface area contributed by atoms with Gasteiger partial charge in [0.2, 0.25) is 0 Å². The van der Waals surface area contributed by atoms with Gasteiger partial charge in [-0.25, -0.2) is 31.6 Å². The van der Waals surface area contributed by atoms with Crippen LogP contribution >= 0.6 is 0 Å². The molecular formula is C52H70N8O9S2. The monoisotopic (exact) mass is 1010 g/mol. The van der Waals surface area contributed by atoms with Gasteiger partial charge in [-0.05, 0) is 148 Å². The summed E-state index contributed by atoms with van der Waals surface area (Å²) in [6.45, 7) is 6.41. The lowest BCUT2D eigenvalue weighted by Gasteiger charge is -2.35. The second kappa shape index (κ2) is 21.7. The van der Waals surface area contributed by atoms with Crippen molar-refractivity contribution in [1.29, 1.82) is 0 Å². The number of nitrogens with zero attached hydrogens (tertiary/aromatic N) is 6. The topological polar surface area (TPSA) is 240 Å². The first kappa shape index (κ1) is 51.8. The molecule has 0 bridgehead atoms. The largest absolute Gasteiger partial charge is 0.478 e. The number of nitrogens with one attached hydrogen (secondary N) is 1. The Morgan fingerprint density at radius 1 is 0.620 bits per heavy atom. The number of carbonyl (C=O) groups excluding carboxylic acids is 1. The number of aromatic nitrogens is 2. The van der Waals surface area contributed by atoms with Crippen LogP contribution in [-0.2, 0) is 31.2 Å². The van der Waals surface area contributed by atoms with Gasteiger partial charge >= 0.3 is 5.97 Å². The third kappa shape index (κ3) is 14.4. The fourth-order valence-electron chi connectivity index (χ4n) is 10.4. The second-order valence-electron chi connectivity index (χ2n) is 20.9. The number of anilines is 6. The summed E-state index contributed by atoms with van der Waals surface area (Å²) in [6.07, 6.45) is 15.0. The number of nitrogen functional groups attached to an aromatic ring is 1. The molecule has 4 aliphatic heterocycles. The van der Waals surface area contributed by atoms with Crippen molar-refractivity contribution in [2.45, 2.75) is 101 Å². The average Bonchev–Trinajstić information content (AvgIpc) is 4.27. The molecular weight excluding hydrogens is 945 g/mol. The molecule has 19 heteroatoms. The minimum absolute atomic E-state index is 0.0506. The molecule has 1 amide bonds.